The fraction of sp³-hybridized carbons (Fsp3) is 0.381. The van der Waals surface area contributed by atoms with Crippen molar-refractivity contribution < 1.29 is 17.9 Å². The van der Waals surface area contributed by atoms with E-state index in [4.69, 9.17) is 15.4 Å². The van der Waals surface area contributed by atoms with Gasteiger partial charge in [-0.15, -0.1) is 0 Å². The second-order valence-corrected chi connectivity index (χ2v) is 11.2. The molecule has 1 N–H and O–H groups in total. The summed E-state index contributed by atoms with van der Waals surface area (Å²) in [7, 11) is 3.17. The zero-order valence-corrected chi connectivity index (χ0v) is 19.3. The third-order valence-electron chi connectivity index (χ3n) is 5.59. The van der Waals surface area contributed by atoms with Gasteiger partial charge in [-0.3, -0.25) is 4.79 Å². The van der Waals surface area contributed by atoms with Crippen molar-refractivity contribution >= 4 is 52.5 Å². The van der Waals surface area contributed by atoms with E-state index in [2.05, 4.69) is 15.3 Å². The van der Waals surface area contributed by atoms with Crippen LogP contribution < -0.4 is 10.1 Å². The number of halogens is 1. The van der Waals surface area contributed by atoms with Gasteiger partial charge in [-0.1, -0.05) is 49.2 Å². The molecule has 1 aliphatic carbocycles. The van der Waals surface area contributed by atoms with Crippen molar-refractivity contribution in [3.05, 3.63) is 42.0 Å². The highest BCUT2D eigenvalue weighted by Gasteiger charge is 2.28. The topological polar surface area (TPSA) is 98.2 Å². The molecule has 164 valence electrons. The van der Waals surface area contributed by atoms with Crippen LogP contribution in [0.25, 0.3) is 10.3 Å². The van der Waals surface area contributed by atoms with E-state index < -0.39 is 15.0 Å². The van der Waals surface area contributed by atoms with E-state index in [1.807, 2.05) is 0 Å². The number of hydrogen-bond donors (Lipinski definition) is 1. The van der Waals surface area contributed by atoms with Gasteiger partial charge in [-0.05, 0) is 36.1 Å². The van der Waals surface area contributed by atoms with Crippen molar-refractivity contribution in [1.29, 1.82) is 0 Å². The summed E-state index contributed by atoms with van der Waals surface area (Å²) in [6, 6.07) is 9.75. The lowest BCUT2D eigenvalue weighted by atomic mass is 9.87. The zero-order chi connectivity index (χ0) is 22.0. The molecule has 0 aliphatic heterocycles. The molecule has 31 heavy (non-hydrogen) atoms. The normalized spacial score (nSPS) is 15.8. The molecule has 1 amide bonds. The number of pyridine rings is 1. The molecule has 1 fully saturated rings. The van der Waals surface area contributed by atoms with Gasteiger partial charge < -0.3 is 10.1 Å². The van der Waals surface area contributed by atoms with Gasteiger partial charge in [-0.2, -0.15) is 0 Å². The van der Waals surface area contributed by atoms with Gasteiger partial charge in [0.25, 0.3) is 9.05 Å². The van der Waals surface area contributed by atoms with Crippen molar-refractivity contribution in [1.82, 2.24) is 9.97 Å². The van der Waals surface area contributed by atoms with Crippen LogP contribution in [0.4, 0.5) is 5.13 Å². The Bertz CT molecular complexity index is 1190. The van der Waals surface area contributed by atoms with Crippen LogP contribution in [0.1, 0.15) is 43.6 Å². The van der Waals surface area contributed by atoms with Crippen molar-refractivity contribution in [3.8, 4) is 5.88 Å². The predicted octanol–water partition coefficient (Wildman–Crippen LogP) is 4.93. The molecular formula is C21H22ClN3O4S2. The van der Waals surface area contributed by atoms with Crippen molar-refractivity contribution in [2.24, 2.45) is 5.92 Å². The van der Waals surface area contributed by atoms with Crippen molar-refractivity contribution in [2.45, 2.75) is 42.9 Å². The molecule has 0 spiro atoms. The van der Waals surface area contributed by atoms with Crippen LogP contribution in [0.5, 0.6) is 5.88 Å². The number of methoxy groups -OCH3 is 1. The molecule has 2 heterocycles. The van der Waals surface area contributed by atoms with E-state index in [9.17, 15) is 13.2 Å². The maximum Gasteiger partial charge on any atom is 0.261 e. The van der Waals surface area contributed by atoms with Crippen LogP contribution in [0.3, 0.4) is 0 Å². The molecule has 0 bridgehead atoms. The first kappa shape index (κ1) is 22.0. The van der Waals surface area contributed by atoms with E-state index in [0.717, 1.165) is 18.4 Å². The van der Waals surface area contributed by atoms with Crippen LogP contribution in [-0.4, -0.2) is 31.4 Å². The lowest BCUT2D eigenvalue weighted by Gasteiger charge is -2.20. The minimum atomic E-state index is -3.81. The zero-order valence-electron chi connectivity index (χ0n) is 16.9. The number of hydrogen-bond acceptors (Lipinski definition) is 7. The van der Waals surface area contributed by atoms with Gasteiger partial charge in [0.15, 0.2) is 5.13 Å². The molecule has 4 rings (SSSR count). The SMILES string of the molecule is COc1ccc2nc(NC(=O)C(CC3CCCC3)c3ccc(S(=O)(=O)Cl)cc3)sc2n1. The second-order valence-electron chi connectivity index (χ2n) is 7.63. The highest BCUT2D eigenvalue weighted by atomic mass is 35.7. The molecule has 1 atom stereocenters. The summed E-state index contributed by atoms with van der Waals surface area (Å²) in [5, 5.41) is 3.40. The molecule has 1 unspecified atom stereocenters. The maximum atomic E-state index is 13.2. The summed E-state index contributed by atoms with van der Waals surface area (Å²) in [6.07, 6.45) is 5.25. The fourth-order valence-corrected chi connectivity index (χ4v) is 5.60. The Balaban J connectivity index is 1.59. The molecule has 3 aromatic rings. The number of ether oxygens (including phenoxy) is 1. The maximum absolute atomic E-state index is 13.2. The number of aromatic nitrogens is 2. The molecule has 2 aromatic heterocycles. The number of amides is 1. The van der Waals surface area contributed by atoms with Gasteiger partial charge in [0.1, 0.15) is 10.3 Å². The van der Waals surface area contributed by atoms with Gasteiger partial charge in [0, 0.05) is 16.7 Å². The lowest BCUT2D eigenvalue weighted by molar-refractivity contribution is -0.118. The summed E-state index contributed by atoms with van der Waals surface area (Å²) in [5.41, 5.74) is 1.44. The van der Waals surface area contributed by atoms with Gasteiger partial charge >= 0.3 is 0 Å². The summed E-state index contributed by atoms with van der Waals surface area (Å²) < 4.78 is 28.3. The fourth-order valence-electron chi connectivity index (χ4n) is 4.00. The van der Waals surface area contributed by atoms with E-state index in [-0.39, 0.29) is 10.8 Å². The summed E-state index contributed by atoms with van der Waals surface area (Å²) in [4.78, 5) is 22.8. The first-order valence-electron chi connectivity index (χ1n) is 10.0. The highest BCUT2D eigenvalue weighted by molar-refractivity contribution is 8.13. The minimum Gasteiger partial charge on any atom is -0.481 e. The Hall–Kier alpha value is -2.23. The van der Waals surface area contributed by atoms with Gasteiger partial charge in [0.2, 0.25) is 11.8 Å². The van der Waals surface area contributed by atoms with Crippen molar-refractivity contribution in [3.63, 3.8) is 0 Å². The Morgan fingerprint density at radius 1 is 1.19 bits per heavy atom. The number of carbonyl (C=O) groups excluding carboxylic acids is 1. The Morgan fingerprint density at radius 2 is 1.90 bits per heavy atom. The van der Waals surface area contributed by atoms with Gasteiger partial charge in [-0.25, -0.2) is 18.4 Å². The first-order valence-corrected chi connectivity index (χ1v) is 13.1. The first-order chi connectivity index (χ1) is 14.8. The second kappa shape index (κ2) is 9.10. The molecule has 10 heteroatoms. The quantitative estimate of drug-likeness (QED) is 0.482. The van der Waals surface area contributed by atoms with E-state index in [1.54, 1.807) is 31.4 Å². The predicted molar refractivity (Wildman–Crippen MR) is 121 cm³/mol. The Labute approximate surface area is 189 Å². The van der Waals surface area contributed by atoms with Crippen LogP contribution in [0.2, 0.25) is 0 Å². The smallest absolute Gasteiger partial charge is 0.261 e. The van der Waals surface area contributed by atoms with Crippen LogP contribution >= 0.6 is 22.0 Å². The van der Waals surface area contributed by atoms with Crippen LogP contribution in [0, 0.1) is 5.92 Å². The number of rotatable bonds is 7. The molecule has 1 saturated carbocycles. The summed E-state index contributed by atoms with van der Waals surface area (Å²) >= 11 is 1.29. The Kier molecular flexibility index (Phi) is 6.45. The number of nitrogens with one attached hydrogen (secondary N) is 1. The molecule has 0 radical (unpaired) electrons. The number of carbonyl (C=O) groups is 1. The Morgan fingerprint density at radius 3 is 2.55 bits per heavy atom. The average molecular weight is 480 g/mol. The number of nitrogens with zero attached hydrogens (tertiary/aromatic N) is 2. The molecule has 1 aliphatic rings. The number of benzene rings is 1. The third-order valence-corrected chi connectivity index (χ3v) is 7.84. The lowest BCUT2D eigenvalue weighted by Crippen LogP contribution is -2.23. The van der Waals surface area contributed by atoms with E-state index in [0.29, 0.717) is 33.7 Å². The number of anilines is 1. The minimum absolute atomic E-state index is 0.0177. The van der Waals surface area contributed by atoms with Crippen LogP contribution in [-0.2, 0) is 13.8 Å². The molecule has 7 nitrogen and oxygen atoms in total. The number of fused-ring (bicyclic) bond motifs is 1. The summed E-state index contributed by atoms with van der Waals surface area (Å²) in [5.74, 6) is 0.375. The van der Waals surface area contributed by atoms with E-state index in [1.165, 1.54) is 36.3 Å². The van der Waals surface area contributed by atoms with E-state index >= 15 is 0 Å². The summed E-state index contributed by atoms with van der Waals surface area (Å²) in [6.45, 7) is 0. The highest BCUT2D eigenvalue weighted by Crippen LogP contribution is 2.36. The molecular weight excluding hydrogens is 458 g/mol. The third kappa shape index (κ3) is 5.16. The number of thiazole rings is 1. The largest absolute Gasteiger partial charge is 0.481 e. The average Bonchev–Trinajstić information content (AvgIpc) is 3.40. The van der Waals surface area contributed by atoms with Crippen LogP contribution in [0.15, 0.2) is 41.3 Å². The standard InChI is InChI=1S/C21H22ClN3O4S2/c1-29-18-11-10-17-20(24-18)30-21(23-17)25-19(26)16(12-13-4-2-3-5-13)14-6-8-15(9-7-14)31(22,27)28/h6-11,13,16H,2-5,12H2,1H3,(H,23,25,26). The molecule has 1 aromatic carbocycles. The monoisotopic (exact) mass is 479 g/mol. The van der Waals surface area contributed by atoms with Gasteiger partial charge in [0.05, 0.1) is 17.9 Å². The molecule has 0 saturated heterocycles. The van der Waals surface area contributed by atoms with Crippen molar-refractivity contribution in [2.75, 3.05) is 12.4 Å².